The molecule has 9 heteroatoms. The van der Waals surface area contributed by atoms with Crippen LogP contribution < -0.4 is 0 Å². The van der Waals surface area contributed by atoms with E-state index in [2.05, 4.69) is 19.9 Å². The summed E-state index contributed by atoms with van der Waals surface area (Å²) < 4.78 is 34.6. The molecule has 1 aliphatic heterocycles. The van der Waals surface area contributed by atoms with Crippen molar-refractivity contribution < 1.29 is 12.9 Å². The van der Waals surface area contributed by atoms with E-state index in [9.17, 15) is 8.42 Å². The zero-order valence-electron chi connectivity index (χ0n) is 15.3. The quantitative estimate of drug-likeness (QED) is 0.761. The van der Waals surface area contributed by atoms with Crippen LogP contribution in [0.15, 0.2) is 15.7 Å². The zero-order valence-corrected chi connectivity index (χ0v) is 16.1. The Bertz CT molecular complexity index is 857. The fourth-order valence-corrected chi connectivity index (χ4v) is 5.51. The van der Waals surface area contributed by atoms with Crippen LogP contribution in [0.5, 0.6) is 0 Å². The van der Waals surface area contributed by atoms with Crippen LogP contribution in [0.2, 0.25) is 0 Å². The van der Waals surface area contributed by atoms with E-state index >= 15 is 0 Å². The van der Waals surface area contributed by atoms with E-state index in [0.29, 0.717) is 30.5 Å². The molecule has 2 aromatic heterocycles. The fourth-order valence-electron chi connectivity index (χ4n) is 3.75. The summed E-state index contributed by atoms with van der Waals surface area (Å²) in [7, 11) is -3.54. The first-order valence-corrected chi connectivity index (χ1v) is 10.7. The summed E-state index contributed by atoms with van der Waals surface area (Å²) in [6.07, 6.45) is 6.96. The first-order valence-electron chi connectivity index (χ1n) is 9.25. The van der Waals surface area contributed by atoms with E-state index in [4.69, 9.17) is 4.52 Å². The van der Waals surface area contributed by atoms with Crippen molar-refractivity contribution >= 4 is 10.0 Å². The topological polar surface area (TPSA) is 94.1 Å². The Morgan fingerprint density at radius 2 is 1.88 bits per heavy atom. The first-order chi connectivity index (χ1) is 12.4. The van der Waals surface area contributed by atoms with Crippen LogP contribution in [0.1, 0.15) is 43.0 Å². The molecule has 3 heterocycles. The lowest BCUT2D eigenvalue weighted by Crippen LogP contribution is -2.39. The molecular weight excluding hydrogens is 354 g/mol. The van der Waals surface area contributed by atoms with Gasteiger partial charge >= 0.3 is 0 Å². The lowest BCUT2D eigenvalue weighted by Gasteiger charge is -2.31. The van der Waals surface area contributed by atoms with Gasteiger partial charge in [0.1, 0.15) is 22.7 Å². The molecule has 26 heavy (non-hydrogen) atoms. The van der Waals surface area contributed by atoms with E-state index in [1.54, 1.807) is 18.2 Å². The van der Waals surface area contributed by atoms with Gasteiger partial charge in [-0.25, -0.2) is 8.42 Å². The highest BCUT2D eigenvalue weighted by Crippen LogP contribution is 2.32. The first kappa shape index (κ1) is 17.7. The number of hydrogen-bond donors (Lipinski definition) is 0. The molecule has 2 aromatic rings. The van der Waals surface area contributed by atoms with Gasteiger partial charge in [0.2, 0.25) is 10.0 Å². The molecule has 0 unspecified atom stereocenters. The molecule has 0 spiro atoms. The molecule has 0 aromatic carbocycles. The molecule has 1 saturated heterocycles. The third-order valence-corrected chi connectivity index (χ3v) is 7.60. The monoisotopic (exact) mass is 379 g/mol. The van der Waals surface area contributed by atoms with Crippen molar-refractivity contribution in [2.24, 2.45) is 11.8 Å². The van der Waals surface area contributed by atoms with Gasteiger partial charge in [-0.2, -0.15) is 4.31 Å². The van der Waals surface area contributed by atoms with Crippen LogP contribution in [-0.2, 0) is 23.0 Å². The second-order valence-electron chi connectivity index (χ2n) is 7.55. The van der Waals surface area contributed by atoms with Crippen LogP contribution in [0.3, 0.4) is 0 Å². The summed E-state index contributed by atoms with van der Waals surface area (Å²) >= 11 is 0. The highest BCUT2D eigenvalue weighted by atomic mass is 32.2. The normalized spacial score (nSPS) is 19.9. The number of rotatable bonds is 6. The number of hydrogen-bond acceptors (Lipinski definition) is 6. The molecule has 1 saturated carbocycles. The summed E-state index contributed by atoms with van der Waals surface area (Å²) in [4.78, 5) is 0.222. The maximum atomic E-state index is 12.9. The Hall–Kier alpha value is -1.74. The van der Waals surface area contributed by atoms with Gasteiger partial charge in [0, 0.05) is 26.1 Å². The lowest BCUT2D eigenvalue weighted by molar-refractivity contribution is 0.268. The van der Waals surface area contributed by atoms with E-state index < -0.39 is 10.0 Å². The van der Waals surface area contributed by atoms with E-state index in [-0.39, 0.29) is 4.90 Å². The van der Waals surface area contributed by atoms with Crippen molar-refractivity contribution in [2.45, 2.75) is 57.4 Å². The summed E-state index contributed by atoms with van der Waals surface area (Å²) in [6, 6.07) is 0. The van der Waals surface area contributed by atoms with Gasteiger partial charge in [0.25, 0.3) is 0 Å². The Labute approximate surface area is 153 Å². The van der Waals surface area contributed by atoms with Crippen molar-refractivity contribution in [2.75, 3.05) is 13.1 Å². The second kappa shape index (κ2) is 6.77. The Balaban J connectivity index is 1.39. The maximum absolute atomic E-state index is 12.9. The number of sulfonamides is 1. The van der Waals surface area contributed by atoms with E-state index in [0.717, 1.165) is 37.5 Å². The van der Waals surface area contributed by atoms with Crippen molar-refractivity contribution in [3.05, 3.63) is 23.6 Å². The molecule has 2 fully saturated rings. The molecule has 0 N–H and O–H groups in total. The number of piperidine rings is 1. The van der Waals surface area contributed by atoms with Gasteiger partial charge < -0.3 is 9.09 Å². The average Bonchev–Trinajstić information content (AvgIpc) is 3.22. The lowest BCUT2D eigenvalue weighted by atomic mass is 9.94. The third kappa shape index (κ3) is 3.42. The molecule has 4 rings (SSSR count). The van der Waals surface area contributed by atoms with Crippen molar-refractivity contribution in [3.63, 3.8) is 0 Å². The molecule has 0 amide bonds. The predicted molar refractivity (Wildman–Crippen MR) is 93.9 cm³/mol. The van der Waals surface area contributed by atoms with Gasteiger partial charge in [0.15, 0.2) is 5.76 Å². The Morgan fingerprint density at radius 3 is 2.50 bits per heavy atom. The predicted octanol–water partition coefficient (Wildman–Crippen LogP) is 1.94. The summed E-state index contributed by atoms with van der Waals surface area (Å²) in [5.41, 5.74) is 0.429. The summed E-state index contributed by atoms with van der Waals surface area (Å²) in [5, 5.41) is 12.1. The Kier molecular flexibility index (Phi) is 4.60. The minimum absolute atomic E-state index is 0.222. The maximum Gasteiger partial charge on any atom is 0.248 e. The summed E-state index contributed by atoms with van der Waals surface area (Å²) in [6.45, 7) is 5.37. The van der Waals surface area contributed by atoms with Crippen LogP contribution in [-0.4, -0.2) is 45.7 Å². The fraction of sp³-hybridized carbons (Fsp3) is 0.706. The van der Waals surface area contributed by atoms with Crippen LogP contribution in [0, 0.1) is 25.7 Å². The zero-order chi connectivity index (χ0) is 18.3. The second-order valence-corrected chi connectivity index (χ2v) is 9.42. The molecular formula is C17H25N5O3S. The van der Waals surface area contributed by atoms with Gasteiger partial charge in [-0.15, -0.1) is 10.2 Å². The number of aryl methyl sites for hydroxylation is 2. The number of nitrogens with zero attached hydrogens (tertiary/aromatic N) is 5. The van der Waals surface area contributed by atoms with Gasteiger partial charge in [-0.05, 0) is 51.4 Å². The smallest absolute Gasteiger partial charge is 0.248 e. The highest BCUT2D eigenvalue weighted by molar-refractivity contribution is 7.89. The standard InChI is InChI=1S/C17H25N5O3S/c1-12-17(13(2)25-20-12)26(23,24)22-7-5-14(6-8-22)9-16-19-18-11-21(16)10-15-3-4-15/h11,14-15H,3-10H2,1-2H3. The van der Waals surface area contributed by atoms with Gasteiger partial charge in [-0.3, -0.25) is 0 Å². The number of aromatic nitrogens is 4. The van der Waals surface area contributed by atoms with Gasteiger partial charge in [-0.1, -0.05) is 5.16 Å². The SMILES string of the molecule is Cc1noc(C)c1S(=O)(=O)N1CCC(Cc2nncn2CC2CC2)CC1. The van der Waals surface area contributed by atoms with E-state index in [1.807, 2.05) is 6.33 Å². The molecule has 0 atom stereocenters. The minimum Gasteiger partial charge on any atom is -0.360 e. The van der Waals surface area contributed by atoms with Crippen molar-refractivity contribution in [3.8, 4) is 0 Å². The van der Waals surface area contributed by atoms with Crippen LogP contribution in [0.25, 0.3) is 0 Å². The molecule has 0 bridgehead atoms. The van der Waals surface area contributed by atoms with E-state index in [1.165, 1.54) is 12.8 Å². The molecule has 8 nitrogen and oxygen atoms in total. The summed E-state index contributed by atoms with van der Waals surface area (Å²) in [5.74, 6) is 2.61. The van der Waals surface area contributed by atoms with Crippen LogP contribution >= 0.6 is 0 Å². The van der Waals surface area contributed by atoms with Crippen LogP contribution in [0.4, 0.5) is 0 Å². The third-order valence-electron chi connectivity index (χ3n) is 5.46. The van der Waals surface area contributed by atoms with Gasteiger partial charge in [0.05, 0.1) is 0 Å². The molecule has 0 radical (unpaired) electrons. The van der Waals surface area contributed by atoms with Crippen molar-refractivity contribution in [1.82, 2.24) is 24.2 Å². The minimum atomic E-state index is -3.54. The molecule has 1 aliphatic carbocycles. The van der Waals surface area contributed by atoms with Crippen molar-refractivity contribution in [1.29, 1.82) is 0 Å². The molecule has 142 valence electrons. The highest BCUT2D eigenvalue weighted by Gasteiger charge is 2.34. The largest absolute Gasteiger partial charge is 0.360 e. The average molecular weight is 379 g/mol. The molecule has 2 aliphatic rings. The Morgan fingerprint density at radius 1 is 1.15 bits per heavy atom.